The Labute approximate surface area is 163 Å². The van der Waals surface area contributed by atoms with Crippen LogP contribution in [0.4, 0.5) is 11.6 Å². The molecule has 0 radical (unpaired) electrons. The fourth-order valence-electron chi connectivity index (χ4n) is 2.58. The summed E-state index contributed by atoms with van der Waals surface area (Å²) in [5.41, 5.74) is 2.37. The summed E-state index contributed by atoms with van der Waals surface area (Å²) < 4.78 is 5.22. The quantitative estimate of drug-likeness (QED) is 0.659. The van der Waals surface area contributed by atoms with Gasteiger partial charge in [0.05, 0.1) is 18.7 Å². The molecule has 7 heteroatoms. The molecule has 1 amide bonds. The van der Waals surface area contributed by atoms with Gasteiger partial charge < -0.3 is 15.4 Å². The van der Waals surface area contributed by atoms with E-state index in [4.69, 9.17) is 10.00 Å². The van der Waals surface area contributed by atoms with Crippen LogP contribution in [-0.2, 0) is 6.42 Å². The first kappa shape index (κ1) is 18.9. The molecule has 1 heterocycles. The Morgan fingerprint density at radius 2 is 2.04 bits per heavy atom. The number of nitrogens with zero attached hydrogens (tertiary/aromatic N) is 3. The Morgan fingerprint density at radius 1 is 1.18 bits per heavy atom. The Bertz CT molecular complexity index is 1010. The molecule has 1 aromatic heterocycles. The van der Waals surface area contributed by atoms with Crippen LogP contribution >= 0.6 is 0 Å². The highest BCUT2D eigenvalue weighted by Crippen LogP contribution is 2.14. The van der Waals surface area contributed by atoms with E-state index >= 15 is 0 Å². The Hall–Kier alpha value is -3.92. The monoisotopic (exact) mass is 373 g/mol. The zero-order chi connectivity index (χ0) is 19.8. The van der Waals surface area contributed by atoms with Crippen LogP contribution in [0.5, 0.6) is 5.75 Å². The zero-order valence-electron chi connectivity index (χ0n) is 15.3. The fourth-order valence-corrected chi connectivity index (χ4v) is 2.58. The van der Waals surface area contributed by atoms with Crippen molar-refractivity contribution >= 4 is 17.5 Å². The van der Waals surface area contributed by atoms with Gasteiger partial charge in [0, 0.05) is 18.4 Å². The van der Waals surface area contributed by atoms with Gasteiger partial charge >= 0.3 is 0 Å². The highest BCUT2D eigenvalue weighted by molar-refractivity contribution is 6.03. The second-order valence-corrected chi connectivity index (χ2v) is 5.94. The second kappa shape index (κ2) is 9.14. The van der Waals surface area contributed by atoms with E-state index in [9.17, 15) is 4.79 Å². The smallest absolute Gasteiger partial charge is 0.274 e. The maximum Gasteiger partial charge on any atom is 0.274 e. The molecular formula is C21H19N5O2. The number of carbonyl (C=O) groups excluding carboxylic acids is 1. The van der Waals surface area contributed by atoms with Gasteiger partial charge in [-0.2, -0.15) is 5.26 Å². The number of carbonyl (C=O) groups is 1. The molecule has 0 aliphatic heterocycles. The molecule has 0 atom stereocenters. The van der Waals surface area contributed by atoms with E-state index in [2.05, 4.69) is 20.6 Å². The van der Waals surface area contributed by atoms with E-state index in [-0.39, 0.29) is 11.6 Å². The molecule has 140 valence electrons. The van der Waals surface area contributed by atoms with Crippen LogP contribution in [0.25, 0.3) is 0 Å². The molecular weight excluding hydrogens is 354 g/mol. The molecule has 0 saturated heterocycles. The van der Waals surface area contributed by atoms with Crippen molar-refractivity contribution in [1.29, 1.82) is 5.26 Å². The summed E-state index contributed by atoms with van der Waals surface area (Å²) in [6.45, 7) is 0.614. The number of aromatic nitrogens is 2. The van der Waals surface area contributed by atoms with Gasteiger partial charge in [-0.25, -0.2) is 9.97 Å². The zero-order valence-corrected chi connectivity index (χ0v) is 15.3. The Balaban J connectivity index is 1.60. The van der Waals surface area contributed by atoms with Gasteiger partial charge in [-0.3, -0.25) is 4.79 Å². The molecule has 3 rings (SSSR count). The minimum atomic E-state index is -0.367. The lowest BCUT2D eigenvalue weighted by Gasteiger charge is -2.08. The Kier molecular flexibility index (Phi) is 6.16. The minimum absolute atomic E-state index is 0.237. The van der Waals surface area contributed by atoms with Crippen LogP contribution in [-0.4, -0.2) is 29.5 Å². The number of rotatable bonds is 7. The lowest BCUT2D eigenvalue weighted by molar-refractivity contribution is 0.102. The van der Waals surface area contributed by atoms with Crippen molar-refractivity contribution in [2.24, 2.45) is 0 Å². The number of nitrogens with one attached hydrogen (secondary N) is 2. The summed E-state index contributed by atoms with van der Waals surface area (Å²) >= 11 is 0. The van der Waals surface area contributed by atoms with Crippen LogP contribution in [0.15, 0.2) is 60.8 Å². The number of benzene rings is 2. The standard InChI is InChI=1S/C21H19N5O2/c1-28-18-7-3-4-15(13-18)8-10-23-21-24-11-9-19(26-21)20(27)25-17-6-2-5-16(12-17)14-22/h2-7,9,11-13H,8,10H2,1H3,(H,25,27)(H,23,24,26). The predicted molar refractivity (Wildman–Crippen MR) is 106 cm³/mol. The number of nitriles is 1. The van der Waals surface area contributed by atoms with E-state index in [1.807, 2.05) is 30.3 Å². The highest BCUT2D eigenvalue weighted by Gasteiger charge is 2.09. The van der Waals surface area contributed by atoms with Gasteiger partial charge in [-0.05, 0) is 48.4 Å². The average Bonchev–Trinajstić information content (AvgIpc) is 2.74. The number of amides is 1. The first-order chi connectivity index (χ1) is 13.7. The van der Waals surface area contributed by atoms with Crippen LogP contribution in [0, 0.1) is 11.3 Å². The number of hydrogen-bond donors (Lipinski definition) is 2. The molecule has 28 heavy (non-hydrogen) atoms. The molecule has 0 saturated carbocycles. The molecule has 0 bridgehead atoms. The van der Waals surface area contributed by atoms with Crippen molar-refractivity contribution in [2.75, 3.05) is 24.3 Å². The largest absolute Gasteiger partial charge is 0.497 e. The summed E-state index contributed by atoms with van der Waals surface area (Å²) in [4.78, 5) is 20.8. The summed E-state index contributed by atoms with van der Waals surface area (Å²) in [6.07, 6.45) is 2.29. The van der Waals surface area contributed by atoms with Gasteiger partial charge in [0.25, 0.3) is 5.91 Å². The third-order valence-corrected chi connectivity index (χ3v) is 3.97. The number of ether oxygens (including phenoxy) is 1. The van der Waals surface area contributed by atoms with E-state index < -0.39 is 0 Å². The first-order valence-corrected chi connectivity index (χ1v) is 8.69. The van der Waals surface area contributed by atoms with Crippen LogP contribution in [0.2, 0.25) is 0 Å². The summed E-state index contributed by atoms with van der Waals surface area (Å²) in [7, 11) is 1.64. The van der Waals surface area contributed by atoms with Gasteiger partial charge in [-0.1, -0.05) is 18.2 Å². The summed E-state index contributed by atoms with van der Waals surface area (Å²) in [6, 6.07) is 18.1. The summed E-state index contributed by atoms with van der Waals surface area (Å²) in [5, 5.41) is 14.8. The summed E-state index contributed by atoms with van der Waals surface area (Å²) in [5.74, 6) is 0.822. The number of anilines is 2. The molecule has 0 fully saturated rings. The van der Waals surface area contributed by atoms with Crippen LogP contribution in [0.3, 0.4) is 0 Å². The predicted octanol–water partition coefficient (Wildman–Crippen LogP) is 3.26. The highest BCUT2D eigenvalue weighted by atomic mass is 16.5. The SMILES string of the molecule is COc1cccc(CCNc2nccc(C(=O)Nc3cccc(C#N)c3)n2)c1. The van der Waals surface area contributed by atoms with E-state index in [1.165, 1.54) is 12.3 Å². The van der Waals surface area contributed by atoms with E-state index in [1.54, 1.807) is 31.4 Å². The Morgan fingerprint density at radius 3 is 2.86 bits per heavy atom. The molecule has 3 aromatic rings. The molecule has 0 spiro atoms. The fraction of sp³-hybridized carbons (Fsp3) is 0.143. The van der Waals surface area contributed by atoms with Gasteiger partial charge in [0.2, 0.25) is 5.95 Å². The van der Waals surface area contributed by atoms with Gasteiger partial charge in [0.1, 0.15) is 11.4 Å². The molecule has 7 nitrogen and oxygen atoms in total. The minimum Gasteiger partial charge on any atom is -0.497 e. The first-order valence-electron chi connectivity index (χ1n) is 8.69. The lowest BCUT2D eigenvalue weighted by Crippen LogP contribution is -2.16. The van der Waals surface area contributed by atoms with Gasteiger partial charge in [0.15, 0.2) is 0 Å². The lowest BCUT2D eigenvalue weighted by atomic mass is 10.1. The third-order valence-electron chi connectivity index (χ3n) is 3.97. The maximum absolute atomic E-state index is 12.4. The number of hydrogen-bond acceptors (Lipinski definition) is 6. The molecule has 0 aliphatic carbocycles. The van der Waals surface area contributed by atoms with Crippen molar-refractivity contribution in [2.45, 2.75) is 6.42 Å². The molecule has 2 aromatic carbocycles. The maximum atomic E-state index is 12.4. The van der Waals surface area contributed by atoms with Crippen molar-refractivity contribution in [3.05, 3.63) is 77.6 Å². The topological polar surface area (TPSA) is 99.9 Å². The van der Waals surface area contributed by atoms with E-state index in [0.717, 1.165) is 17.7 Å². The van der Waals surface area contributed by atoms with Crippen molar-refractivity contribution in [1.82, 2.24) is 9.97 Å². The van der Waals surface area contributed by atoms with Crippen molar-refractivity contribution in [3.63, 3.8) is 0 Å². The van der Waals surface area contributed by atoms with Crippen molar-refractivity contribution in [3.8, 4) is 11.8 Å². The van der Waals surface area contributed by atoms with Gasteiger partial charge in [-0.15, -0.1) is 0 Å². The second-order valence-electron chi connectivity index (χ2n) is 5.94. The third kappa shape index (κ3) is 5.05. The average molecular weight is 373 g/mol. The van der Waals surface area contributed by atoms with Crippen LogP contribution in [0.1, 0.15) is 21.6 Å². The molecule has 0 unspecified atom stereocenters. The molecule has 2 N–H and O–H groups in total. The molecule has 0 aliphatic rings. The number of methoxy groups -OCH3 is 1. The normalized spacial score (nSPS) is 10.0. The van der Waals surface area contributed by atoms with Crippen molar-refractivity contribution < 1.29 is 9.53 Å². The van der Waals surface area contributed by atoms with Crippen LogP contribution < -0.4 is 15.4 Å². The van der Waals surface area contributed by atoms with E-state index in [0.29, 0.717) is 23.7 Å².